The smallest absolute Gasteiger partial charge is 0.338 e. The van der Waals surface area contributed by atoms with E-state index < -0.39 is 11.9 Å². The number of hydrogen-bond acceptors (Lipinski definition) is 7. The highest BCUT2D eigenvalue weighted by atomic mass is 16.5. The van der Waals surface area contributed by atoms with Gasteiger partial charge in [0, 0.05) is 24.5 Å². The average molecular weight is 357 g/mol. The minimum Gasteiger partial charge on any atom is -0.461 e. The summed E-state index contributed by atoms with van der Waals surface area (Å²) < 4.78 is 10.4. The Bertz CT molecular complexity index is 666. The average Bonchev–Trinajstić information content (AvgIpc) is 2.62. The van der Waals surface area contributed by atoms with Crippen molar-refractivity contribution >= 4 is 23.3 Å². The number of benzene rings is 2. The van der Waals surface area contributed by atoms with Crippen molar-refractivity contribution in [1.82, 2.24) is 4.90 Å². The lowest BCUT2D eigenvalue weighted by atomic mass is 10.2. The van der Waals surface area contributed by atoms with Crippen LogP contribution in [0.15, 0.2) is 48.5 Å². The van der Waals surface area contributed by atoms with Crippen LogP contribution in [0.5, 0.6) is 0 Å². The van der Waals surface area contributed by atoms with Gasteiger partial charge in [-0.3, -0.25) is 4.90 Å². The normalized spacial score (nSPS) is 10.5. The molecule has 7 nitrogen and oxygen atoms in total. The molecule has 0 radical (unpaired) electrons. The molecule has 2 rings (SSSR count). The molecule has 7 heteroatoms. The Labute approximate surface area is 152 Å². The number of anilines is 2. The molecule has 0 spiro atoms. The van der Waals surface area contributed by atoms with Gasteiger partial charge in [-0.05, 0) is 55.6 Å². The van der Waals surface area contributed by atoms with E-state index in [1.54, 1.807) is 48.5 Å². The van der Waals surface area contributed by atoms with Crippen LogP contribution < -0.4 is 11.5 Å². The lowest BCUT2D eigenvalue weighted by Crippen LogP contribution is -2.28. The fourth-order valence-corrected chi connectivity index (χ4v) is 2.11. The van der Waals surface area contributed by atoms with E-state index in [0.29, 0.717) is 35.6 Å². The van der Waals surface area contributed by atoms with Crippen LogP contribution in [0.2, 0.25) is 0 Å². The summed E-state index contributed by atoms with van der Waals surface area (Å²) in [5, 5.41) is 0. The lowest BCUT2D eigenvalue weighted by Gasteiger charge is -2.16. The third-order valence-corrected chi connectivity index (χ3v) is 3.71. The first kappa shape index (κ1) is 19.3. The summed E-state index contributed by atoms with van der Waals surface area (Å²) in [6.07, 6.45) is 0. The molecule has 0 fully saturated rings. The third-order valence-electron chi connectivity index (χ3n) is 3.71. The van der Waals surface area contributed by atoms with Crippen LogP contribution in [-0.2, 0) is 9.47 Å². The second-order valence-electron chi connectivity index (χ2n) is 5.82. The Balaban J connectivity index is 1.63. The van der Waals surface area contributed by atoms with Gasteiger partial charge in [0.25, 0.3) is 0 Å². The van der Waals surface area contributed by atoms with E-state index in [1.165, 1.54) is 0 Å². The van der Waals surface area contributed by atoms with Gasteiger partial charge in [-0.25, -0.2) is 9.59 Å². The van der Waals surface area contributed by atoms with Crippen LogP contribution >= 0.6 is 0 Å². The van der Waals surface area contributed by atoms with Gasteiger partial charge in [0.2, 0.25) is 0 Å². The highest BCUT2D eigenvalue weighted by Crippen LogP contribution is 2.08. The van der Waals surface area contributed by atoms with Crippen molar-refractivity contribution in [3.8, 4) is 0 Å². The molecule has 0 saturated carbocycles. The van der Waals surface area contributed by atoms with Crippen LogP contribution in [0, 0.1) is 0 Å². The standard InChI is InChI=1S/C19H23N3O4/c1-22(10-12-25-18(23)14-2-6-16(20)7-3-14)11-13-26-19(24)15-4-8-17(21)9-5-15/h2-9H,10-13,20-21H2,1H3. The van der Waals surface area contributed by atoms with E-state index in [9.17, 15) is 9.59 Å². The fourth-order valence-electron chi connectivity index (χ4n) is 2.11. The second-order valence-corrected chi connectivity index (χ2v) is 5.82. The van der Waals surface area contributed by atoms with E-state index in [1.807, 2.05) is 11.9 Å². The Morgan fingerprint density at radius 3 is 1.46 bits per heavy atom. The first-order valence-corrected chi connectivity index (χ1v) is 8.19. The second kappa shape index (κ2) is 9.43. The van der Waals surface area contributed by atoms with Crippen molar-refractivity contribution in [2.24, 2.45) is 0 Å². The predicted molar refractivity (Wildman–Crippen MR) is 99.8 cm³/mol. The van der Waals surface area contributed by atoms with Crippen molar-refractivity contribution < 1.29 is 19.1 Å². The van der Waals surface area contributed by atoms with Gasteiger partial charge in [0.1, 0.15) is 13.2 Å². The van der Waals surface area contributed by atoms with Crippen molar-refractivity contribution in [2.45, 2.75) is 0 Å². The maximum absolute atomic E-state index is 11.9. The van der Waals surface area contributed by atoms with Gasteiger partial charge >= 0.3 is 11.9 Å². The number of carbonyl (C=O) groups is 2. The van der Waals surface area contributed by atoms with Gasteiger partial charge in [0.15, 0.2) is 0 Å². The molecule has 0 aliphatic rings. The molecular formula is C19H23N3O4. The number of rotatable bonds is 8. The van der Waals surface area contributed by atoms with E-state index in [2.05, 4.69) is 0 Å². The largest absolute Gasteiger partial charge is 0.461 e. The number of ether oxygens (including phenoxy) is 2. The molecule has 0 heterocycles. The number of nitrogen functional groups attached to an aromatic ring is 2. The number of hydrogen-bond donors (Lipinski definition) is 2. The summed E-state index contributed by atoms with van der Waals surface area (Å²) in [6.45, 7) is 1.54. The highest BCUT2D eigenvalue weighted by Gasteiger charge is 2.09. The number of carbonyl (C=O) groups excluding carboxylic acids is 2. The van der Waals surface area contributed by atoms with Crippen molar-refractivity contribution in [1.29, 1.82) is 0 Å². The zero-order valence-corrected chi connectivity index (χ0v) is 14.7. The van der Waals surface area contributed by atoms with Crippen LogP contribution in [0.25, 0.3) is 0 Å². The topological polar surface area (TPSA) is 108 Å². The van der Waals surface area contributed by atoms with Crippen LogP contribution in [0.3, 0.4) is 0 Å². The number of likely N-dealkylation sites (N-methyl/N-ethyl adjacent to an activating group) is 1. The molecule has 26 heavy (non-hydrogen) atoms. The Morgan fingerprint density at radius 2 is 1.12 bits per heavy atom. The molecule has 0 aliphatic carbocycles. The summed E-state index contributed by atoms with van der Waals surface area (Å²) in [5.74, 6) is -0.790. The first-order valence-electron chi connectivity index (χ1n) is 8.19. The molecule has 0 amide bonds. The fraction of sp³-hybridized carbons (Fsp3) is 0.263. The monoisotopic (exact) mass is 357 g/mol. The summed E-state index contributed by atoms with van der Waals surface area (Å²) in [7, 11) is 1.86. The maximum atomic E-state index is 11.9. The SMILES string of the molecule is CN(CCOC(=O)c1ccc(N)cc1)CCOC(=O)c1ccc(N)cc1. The Morgan fingerprint density at radius 1 is 0.769 bits per heavy atom. The highest BCUT2D eigenvalue weighted by molar-refractivity contribution is 5.90. The molecule has 138 valence electrons. The van der Waals surface area contributed by atoms with Gasteiger partial charge in [-0.1, -0.05) is 0 Å². The lowest BCUT2D eigenvalue weighted by molar-refractivity contribution is 0.0419. The Kier molecular flexibility index (Phi) is 6.99. The quantitative estimate of drug-likeness (QED) is 0.548. The Hall–Kier alpha value is -3.06. The minimum atomic E-state index is -0.395. The molecular weight excluding hydrogens is 334 g/mol. The van der Waals surface area contributed by atoms with E-state index in [-0.39, 0.29) is 13.2 Å². The number of esters is 2. The van der Waals surface area contributed by atoms with Gasteiger partial charge in [-0.15, -0.1) is 0 Å². The van der Waals surface area contributed by atoms with E-state index >= 15 is 0 Å². The van der Waals surface area contributed by atoms with Crippen LogP contribution in [0.1, 0.15) is 20.7 Å². The molecule has 0 bridgehead atoms. The molecule has 2 aromatic carbocycles. The van der Waals surface area contributed by atoms with Crippen LogP contribution in [0.4, 0.5) is 11.4 Å². The third kappa shape index (κ3) is 6.10. The number of nitrogens with two attached hydrogens (primary N) is 2. The van der Waals surface area contributed by atoms with E-state index in [0.717, 1.165) is 0 Å². The summed E-state index contributed by atoms with van der Waals surface area (Å²) in [4.78, 5) is 25.6. The van der Waals surface area contributed by atoms with Gasteiger partial charge in [0.05, 0.1) is 11.1 Å². The zero-order chi connectivity index (χ0) is 18.9. The molecule has 0 aliphatic heterocycles. The van der Waals surface area contributed by atoms with Crippen molar-refractivity contribution in [3.05, 3.63) is 59.7 Å². The predicted octanol–water partition coefficient (Wildman–Crippen LogP) is 1.80. The molecule has 4 N–H and O–H groups in total. The first-order chi connectivity index (χ1) is 12.5. The maximum Gasteiger partial charge on any atom is 0.338 e. The van der Waals surface area contributed by atoms with Crippen molar-refractivity contribution in [3.63, 3.8) is 0 Å². The molecule has 0 unspecified atom stereocenters. The van der Waals surface area contributed by atoms with Gasteiger partial charge < -0.3 is 20.9 Å². The van der Waals surface area contributed by atoms with Crippen molar-refractivity contribution in [2.75, 3.05) is 44.8 Å². The molecule has 0 saturated heterocycles. The molecule has 0 atom stereocenters. The number of nitrogens with zero attached hydrogens (tertiary/aromatic N) is 1. The van der Waals surface area contributed by atoms with E-state index in [4.69, 9.17) is 20.9 Å². The minimum absolute atomic E-state index is 0.242. The summed E-state index contributed by atoms with van der Waals surface area (Å²) in [6, 6.07) is 13.1. The summed E-state index contributed by atoms with van der Waals surface area (Å²) in [5.41, 5.74) is 13.3. The molecule has 2 aromatic rings. The zero-order valence-electron chi connectivity index (χ0n) is 14.7. The molecule has 0 aromatic heterocycles. The summed E-state index contributed by atoms with van der Waals surface area (Å²) >= 11 is 0. The van der Waals surface area contributed by atoms with Gasteiger partial charge in [-0.2, -0.15) is 0 Å². The van der Waals surface area contributed by atoms with Crippen LogP contribution in [-0.4, -0.2) is 50.2 Å².